The maximum atomic E-state index is 13.4. The van der Waals surface area contributed by atoms with Gasteiger partial charge in [0.15, 0.2) is 11.6 Å². The molecule has 2 aromatic rings. The largest absolute Gasteiger partial charge is 0.505 e. The van der Waals surface area contributed by atoms with Gasteiger partial charge < -0.3 is 10.0 Å². The summed E-state index contributed by atoms with van der Waals surface area (Å²) in [6.45, 7) is 2.97. The molecule has 126 valence electrons. The van der Waals surface area contributed by atoms with Gasteiger partial charge in [-0.25, -0.2) is 4.39 Å². The molecule has 24 heavy (non-hydrogen) atoms. The number of phenols is 1. The number of hydrogen-bond acceptors (Lipinski definition) is 3. The number of halogens is 1. The molecule has 1 N–H and O–H groups in total. The average molecular weight is 345 g/mol. The van der Waals surface area contributed by atoms with Gasteiger partial charge in [-0.2, -0.15) is 0 Å². The second-order valence-electron chi connectivity index (χ2n) is 6.11. The highest BCUT2D eigenvalue weighted by Gasteiger charge is 2.25. The van der Waals surface area contributed by atoms with Crippen LogP contribution in [0.5, 0.6) is 5.75 Å². The first-order valence-electron chi connectivity index (χ1n) is 8.01. The van der Waals surface area contributed by atoms with Crippen LogP contribution in [0.1, 0.15) is 18.1 Å². The summed E-state index contributed by atoms with van der Waals surface area (Å²) >= 11 is 1.67. The first-order chi connectivity index (χ1) is 11.5. The van der Waals surface area contributed by atoms with Crippen molar-refractivity contribution in [1.82, 2.24) is 4.90 Å². The van der Waals surface area contributed by atoms with Crippen LogP contribution in [0.2, 0.25) is 0 Å². The molecule has 3 nitrogen and oxygen atoms in total. The van der Waals surface area contributed by atoms with Crippen molar-refractivity contribution in [2.45, 2.75) is 24.8 Å². The Morgan fingerprint density at radius 3 is 2.79 bits per heavy atom. The molecule has 0 saturated carbocycles. The lowest BCUT2D eigenvalue weighted by molar-refractivity contribution is -0.135. The minimum atomic E-state index is -0.596. The van der Waals surface area contributed by atoms with Gasteiger partial charge >= 0.3 is 0 Å². The quantitative estimate of drug-likeness (QED) is 0.856. The van der Waals surface area contributed by atoms with E-state index in [-0.39, 0.29) is 17.6 Å². The van der Waals surface area contributed by atoms with Gasteiger partial charge in [-0.15, -0.1) is 11.8 Å². The number of phenolic OH excluding ortho intramolecular Hbond substituents is 1. The normalized spacial score (nSPS) is 15.0. The van der Waals surface area contributed by atoms with E-state index in [2.05, 4.69) is 0 Å². The molecule has 3 rings (SSSR count). The van der Waals surface area contributed by atoms with Crippen molar-refractivity contribution >= 4 is 17.7 Å². The summed E-state index contributed by atoms with van der Waals surface area (Å²) in [5, 5.41) is 9.54. The van der Waals surface area contributed by atoms with Gasteiger partial charge in [0.25, 0.3) is 0 Å². The van der Waals surface area contributed by atoms with E-state index >= 15 is 0 Å². The third-order valence-corrected chi connectivity index (χ3v) is 5.53. The number of fused-ring (bicyclic) bond motifs is 1. The second kappa shape index (κ2) is 7.26. The van der Waals surface area contributed by atoms with Gasteiger partial charge in [0.2, 0.25) is 5.91 Å². The fourth-order valence-electron chi connectivity index (χ4n) is 2.88. The van der Waals surface area contributed by atoms with Crippen molar-refractivity contribution in [2.75, 3.05) is 12.3 Å². The van der Waals surface area contributed by atoms with Crippen LogP contribution in [0.4, 0.5) is 4.39 Å². The monoisotopic (exact) mass is 345 g/mol. The van der Waals surface area contributed by atoms with Gasteiger partial charge in [-0.3, -0.25) is 4.79 Å². The lowest BCUT2D eigenvalue weighted by Crippen LogP contribution is -2.39. The number of aromatic hydroxyl groups is 1. The minimum Gasteiger partial charge on any atom is -0.505 e. The Bertz CT molecular complexity index is 736. The van der Waals surface area contributed by atoms with E-state index < -0.39 is 5.82 Å². The van der Waals surface area contributed by atoms with E-state index in [0.717, 1.165) is 21.8 Å². The standard InChI is InChI=1S/C19H20FNO2S/c1-13(12-24-16-5-3-2-4-6-16)19(23)21-8-7-14-9-17(20)18(22)10-15(14)11-21/h2-6,9-10,13,22H,7-8,11-12H2,1H3. The Morgan fingerprint density at radius 2 is 2.04 bits per heavy atom. The lowest BCUT2D eigenvalue weighted by Gasteiger charge is -2.31. The van der Waals surface area contributed by atoms with E-state index in [0.29, 0.717) is 19.5 Å². The van der Waals surface area contributed by atoms with Crippen molar-refractivity contribution in [3.05, 3.63) is 59.4 Å². The summed E-state index contributed by atoms with van der Waals surface area (Å²) in [6.07, 6.45) is 0.622. The molecule has 1 heterocycles. The van der Waals surface area contributed by atoms with Crippen molar-refractivity contribution in [1.29, 1.82) is 0 Å². The predicted octanol–water partition coefficient (Wildman–Crippen LogP) is 3.84. The van der Waals surface area contributed by atoms with Crippen LogP contribution < -0.4 is 0 Å². The number of rotatable bonds is 4. The molecular weight excluding hydrogens is 325 g/mol. The molecule has 1 amide bonds. The summed E-state index contributed by atoms with van der Waals surface area (Å²) in [7, 11) is 0. The molecule has 0 bridgehead atoms. The molecule has 0 spiro atoms. The Labute approximate surface area is 145 Å². The van der Waals surface area contributed by atoms with Crippen molar-refractivity contribution < 1.29 is 14.3 Å². The molecule has 1 aliphatic rings. The molecule has 1 atom stereocenters. The van der Waals surface area contributed by atoms with Gasteiger partial charge in [0.1, 0.15) is 0 Å². The SMILES string of the molecule is CC(CSc1ccccc1)C(=O)N1CCc2cc(F)c(O)cc2C1. The third-order valence-electron chi connectivity index (χ3n) is 4.26. The lowest BCUT2D eigenvalue weighted by atomic mass is 9.98. The molecule has 0 aromatic heterocycles. The number of benzene rings is 2. The Kier molecular flexibility index (Phi) is 5.09. The van der Waals surface area contributed by atoms with Gasteiger partial charge in [0.05, 0.1) is 0 Å². The summed E-state index contributed by atoms with van der Waals surface area (Å²) in [5.74, 6) is -0.212. The Morgan fingerprint density at radius 1 is 1.29 bits per heavy atom. The first kappa shape index (κ1) is 16.8. The van der Waals surface area contributed by atoms with Gasteiger partial charge in [0, 0.05) is 29.7 Å². The van der Waals surface area contributed by atoms with Crippen LogP contribution in [0.3, 0.4) is 0 Å². The van der Waals surface area contributed by atoms with Crippen LogP contribution in [-0.4, -0.2) is 28.2 Å². The molecule has 2 aromatic carbocycles. The van der Waals surface area contributed by atoms with E-state index in [1.165, 1.54) is 12.1 Å². The molecule has 5 heteroatoms. The van der Waals surface area contributed by atoms with E-state index in [1.54, 1.807) is 16.7 Å². The van der Waals surface area contributed by atoms with Crippen LogP contribution in [0.15, 0.2) is 47.4 Å². The first-order valence-corrected chi connectivity index (χ1v) is 9.00. The Hall–Kier alpha value is -2.01. The predicted molar refractivity (Wildman–Crippen MR) is 93.5 cm³/mol. The molecule has 0 saturated heterocycles. The number of carbonyl (C=O) groups is 1. The van der Waals surface area contributed by atoms with Crippen LogP contribution in [0, 0.1) is 11.7 Å². The molecule has 0 fully saturated rings. The zero-order valence-electron chi connectivity index (χ0n) is 13.5. The van der Waals surface area contributed by atoms with E-state index in [4.69, 9.17) is 0 Å². The number of nitrogens with zero attached hydrogens (tertiary/aromatic N) is 1. The molecule has 0 radical (unpaired) electrons. The maximum Gasteiger partial charge on any atom is 0.226 e. The van der Waals surface area contributed by atoms with E-state index in [9.17, 15) is 14.3 Å². The zero-order valence-corrected chi connectivity index (χ0v) is 14.4. The van der Waals surface area contributed by atoms with Crippen LogP contribution in [0.25, 0.3) is 0 Å². The van der Waals surface area contributed by atoms with Crippen molar-refractivity contribution in [3.63, 3.8) is 0 Å². The maximum absolute atomic E-state index is 13.4. The smallest absolute Gasteiger partial charge is 0.226 e. The van der Waals surface area contributed by atoms with Crippen molar-refractivity contribution in [3.8, 4) is 5.75 Å². The third kappa shape index (κ3) is 3.73. The highest BCUT2D eigenvalue weighted by Crippen LogP contribution is 2.28. The van der Waals surface area contributed by atoms with E-state index in [1.807, 2.05) is 37.3 Å². The Balaban J connectivity index is 1.62. The summed E-state index contributed by atoms with van der Waals surface area (Å²) in [6, 6.07) is 12.8. The molecule has 0 aliphatic carbocycles. The second-order valence-corrected chi connectivity index (χ2v) is 7.20. The minimum absolute atomic E-state index is 0.0919. The fourth-order valence-corrected chi connectivity index (χ4v) is 3.81. The number of carbonyl (C=O) groups excluding carboxylic acids is 1. The highest BCUT2D eigenvalue weighted by molar-refractivity contribution is 7.99. The number of hydrogen-bond donors (Lipinski definition) is 1. The van der Waals surface area contributed by atoms with Crippen molar-refractivity contribution in [2.24, 2.45) is 5.92 Å². The van der Waals surface area contributed by atoms with Crippen LogP contribution in [-0.2, 0) is 17.8 Å². The number of amides is 1. The summed E-state index contributed by atoms with van der Waals surface area (Å²) < 4.78 is 13.4. The van der Waals surface area contributed by atoms with Crippen LogP contribution >= 0.6 is 11.8 Å². The van der Waals surface area contributed by atoms with Gasteiger partial charge in [-0.1, -0.05) is 25.1 Å². The highest BCUT2D eigenvalue weighted by atomic mass is 32.2. The molecular formula is C19H20FNO2S. The number of thioether (sulfide) groups is 1. The average Bonchev–Trinajstić information content (AvgIpc) is 2.60. The summed E-state index contributed by atoms with van der Waals surface area (Å²) in [5.41, 5.74) is 1.71. The topological polar surface area (TPSA) is 40.5 Å². The molecule has 1 unspecified atom stereocenters. The molecule has 1 aliphatic heterocycles. The zero-order chi connectivity index (χ0) is 17.1. The fraction of sp³-hybridized carbons (Fsp3) is 0.316. The van der Waals surface area contributed by atoms with Gasteiger partial charge in [-0.05, 0) is 41.8 Å². The summed E-state index contributed by atoms with van der Waals surface area (Å²) in [4.78, 5) is 15.6.